The second-order valence-electron chi connectivity index (χ2n) is 7.90. The van der Waals surface area contributed by atoms with Gasteiger partial charge in [0.2, 0.25) is 11.8 Å². The van der Waals surface area contributed by atoms with Gasteiger partial charge in [-0.2, -0.15) is 0 Å². The molecule has 0 fully saturated rings. The maximum absolute atomic E-state index is 12.6. The van der Waals surface area contributed by atoms with Gasteiger partial charge in [-0.05, 0) is 45.2 Å². The van der Waals surface area contributed by atoms with Crippen LogP contribution < -0.4 is 16.0 Å². The molecule has 10 nitrogen and oxygen atoms in total. The average Bonchev–Trinajstić information content (AvgIpc) is 2.58. The highest BCUT2D eigenvalue weighted by molar-refractivity contribution is 5.97. The molecule has 1 aromatic carbocycles. The predicted molar refractivity (Wildman–Crippen MR) is 107 cm³/mol. The Kier molecular flexibility index (Phi) is 8.56. The van der Waals surface area contributed by atoms with Crippen LogP contribution >= 0.6 is 0 Å². The van der Waals surface area contributed by atoms with E-state index >= 15 is 0 Å². The minimum Gasteiger partial charge on any atom is -0.444 e. The standard InChI is InChI=1S/C19H28N4O6/c1-12(2)10-15(22-16(24)11-20-18(26)29-19(3,4)5)17(25)21-13-6-8-14(9-7-13)23(27)28/h6-9,12,15H,10-11H2,1-5H3,(H,20,26)(H,21,25)(H,22,24)/t15-/m0/s1. The van der Waals surface area contributed by atoms with Gasteiger partial charge in [-0.3, -0.25) is 19.7 Å². The van der Waals surface area contributed by atoms with E-state index in [1.54, 1.807) is 20.8 Å². The van der Waals surface area contributed by atoms with E-state index < -0.39 is 34.5 Å². The van der Waals surface area contributed by atoms with Crippen LogP contribution in [0.1, 0.15) is 41.0 Å². The average molecular weight is 408 g/mol. The molecule has 1 rings (SSSR count). The zero-order valence-electron chi connectivity index (χ0n) is 17.3. The molecule has 0 radical (unpaired) electrons. The molecule has 0 saturated carbocycles. The molecular formula is C19H28N4O6. The molecule has 0 saturated heterocycles. The number of carbonyl (C=O) groups is 3. The van der Waals surface area contributed by atoms with Crippen molar-refractivity contribution in [1.82, 2.24) is 10.6 Å². The first kappa shape index (κ1) is 23.9. The number of rotatable bonds is 8. The summed E-state index contributed by atoms with van der Waals surface area (Å²) in [5.41, 5.74) is -0.413. The smallest absolute Gasteiger partial charge is 0.408 e. The summed E-state index contributed by atoms with van der Waals surface area (Å²) >= 11 is 0. The largest absolute Gasteiger partial charge is 0.444 e. The minimum atomic E-state index is -0.835. The normalized spacial score (nSPS) is 12.1. The van der Waals surface area contributed by atoms with Crippen LogP contribution in [0.3, 0.4) is 0 Å². The fourth-order valence-electron chi connectivity index (χ4n) is 2.31. The van der Waals surface area contributed by atoms with Crippen molar-refractivity contribution < 1.29 is 24.0 Å². The van der Waals surface area contributed by atoms with Crippen molar-refractivity contribution >= 4 is 29.3 Å². The Labute approximate surface area is 169 Å². The number of nitro benzene ring substituents is 1. The van der Waals surface area contributed by atoms with E-state index in [0.29, 0.717) is 12.1 Å². The number of ether oxygens (including phenoxy) is 1. The zero-order chi connectivity index (χ0) is 22.2. The number of amides is 3. The van der Waals surface area contributed by atoms with E-state index in [9.17, 15) is 24.5 Å². The third kappa shape index (κ3) is 9.54. The van der Waals surface area contributed by atoms with Crippen molar-refractivity contribution in [2.24, 2.45) is 5.92 Å². The summed E-state index contributed by atoms with van der Waals surface area (Å²) < 4.78 is 5.05. The quantitative estimate of drug-likeness (QED) is 0.446. The van der Waals surface area contributed by atoms with Crippen LogP contribution in [-0.2, 0) is 14.3 Å². The zero-order valence-corrected chi connectivity index (χ0v) is 17.3. The molecular weight excluding hydrogens is 380 g/mol. The van der Waals surface area contributed by atoms with Crippen molar-refractivity contribution in [3.63, 3.8) is 0 Å². The summed E-state index contributed by atoms with van der Waals surface area (Å²) in [6.45, 7) is 8.57. The number of hydrogen-bond donors (Lipinski definition) is 3. The van der Waals surface area contributed by atoms with Crippen molar-refractivity contribution in [3.05, 3.63) is 34.4 Å². The summed E-state index contributed by atoms with van der Waals surface area (Å²) in [5.74, 6) is -0.889. The number of carbonyl (C=O) groups excluding carboxylic acids is 3. The topological polar surface area (TPSA) is 140 Å². The van der Waals surface area contributed by atoms with Crippen LogP contribution in [0.5, 0.6) is 0 Å². The maximum Gasteiger partial charge on any atom is 0.408 e. The lowest BCUT2D eigenvalue weighted by Gasteiger charge is -2.21. The van der Waals surface area contributed by atoms with Gasteiger partial charge in [-0.15, -0.1) is 0 Å². The number of nitro groups is 1. The number of benzene rings is 1. The monoisotopic (exact) mass is 408 g/mol. The van der Waals surface area contributed by atoms with Crippen LogP contribution in [0.15, 0.2) is 24.3 Å². The summed E-state index contributed by atoms with van der Waals surface area (Å²) in [4.78, 5) is 46.5. The fraction of sp³-hybridized carbons (Fsp3) is 0.526. The summed E-state index contributed by atoms with van der Waals surface area (Å²) in [6, 6.07) is 4.54. The third-order valence-corrected chi connectivity index (χ3v) is 3.50. The number of alkyl carbamates (subject to hydrolysis) is 1. The molecule has 3 amide bonds. The molecule has 0 bridgehead atoms. The molecule has 0 heterocycles. The number of anilines is 1. The Morgan fingerprint density at radius 2 is 1.72 bits per heavy atom. The SMILES string of the molecule is CC(C)C[C@H](NC(=O)CNC(=O)OC(C)(C)C)C(=O)Nc1ccc([N+](=O)[O-])cc1. The number of non-ortho nitro benzene ring substituents is 1. The lowest BCUT2D eigenvalue weighted by molar-refractivity contribution is -0.384. The van der Waals surface area contributed by atoms with E-state index in [0.717, 1.165) is 0 Å². The Morgan fingerprint density at radius 3 is 2.21 bits per heavy atom. The van der Waals surface area contributed by atoms with Crippen LogP contribution in [0, 0.1) is 16.0 Å². The van der Waals surface area contributed by atoms with Gasteiger partial charge in [0.25, 0.3) is 5.69 Å². The maximum atomic E-state index is 12.6. The fourth-order valence-corrected chi connectivity index (χ4v) is 2.31. The molecule has 1 atom stereocenters. The predicted octanol–water partition coefficient (Wildman–Crippen LogP) is 2.59. The van der Waals surface area contributed by atoms with Gasteiger partial charge < -0.3 is 20.7 Å². The van der Waals surface area contributed by atoms with E-state index in [2.05, 4.69) is 16.0 Å². The van der Waals surface area contributed by atoms with Crippen molar-refractivity contribution in [2.75, 3.05) is 11.9 Å². The Morgan fingerprint density at radius 1 is 1.14 bits per heavy atom. The van der Waals surface area contributed by atoms with Crippen molar-refractivity contribution in [2.45, 2.75) is 52.7 Å². The first-order chi connectivity index (χ1) is 13.4. The van der Waals surface area contributed by atoms with Crippen LogP contribution in [0.2, 0.25) is 0 Å². The summed E-state index contributed by atoms with van der Waals surface area (Å²) in [7, 11) is 0. The van der Waals surface area contributed by atoms with Gasteiger partial charge in [0.05, 0.1) is 4.92 Å². The highest BCUT2D eigenvalue weighted by Crippen LogP contribution is 2.16. The number of nitrogens with one attached hydrogen (secondary N) is 3. The first-order valence-corrected chi connectivity index (χ1v) is 9.19. The highest BCUT2D eigenvalue weighted by atomic mass is 16.6. The number of hydrogen-bond acceptors (Lipinski definition) is 6. The van der Waals surface area contributed by atoms with Crippen molar-refractivity contribution in [1.29, 1.82) is 0 Å². The first-order valence-electron chi connectivity index (χ1n) is 9.19. The molecule has 0 spiro atoms. The van der Waals surface area contributed by atoms with Gasteiger partial charge in [-0.1, -0.05) is 13.8 Å². The van der Waals surface area contributed by atoms with Gasteiger partial charge in [0, 0.05) is 17.8 Å². The van der Waals surface area contributed by atoms with Gasteiger partial charge in [0.1, 0.15) is 18.2 Å². The molecule has 0 aliphatic heterocycles. The molecule has 0 unspecified atom stereocenters. The van der Waals surface area contributed by atoms with E-state index in [1.807, 2.05) is 13.8 Å². The lowest BCUT2D eigenvalue weighted by Crippen LogP contribution is -2.48. The van der Waals surface area contributed by atoms with Crippen LogP contribution in [0.25, 0.3) is 0 Å². The minimum absolute atomic E-state index is 0.0942. The second-order valence-corrected chi connectivity index (χ2v) is 7.90. The van der Waals surface area contributed by atoms with E-state index in [-0.39, 0.29) is 18.2 Å². The number of nitrogens with zero attached hydrogens (tertiary/aromatic N) is 1. The molecule has 10 heteroatoms. The molecule has 0 aromatic heterocycles. The van der Waals surface area contributed by atoms with E-state index in [1.165, 1.54) is 24.3 Å². The van der Waals surface area contributed by atoms with Gasteiger partial charge in [0.15, 0.2) is 0 Å². The Hall–Kier alpha value is -3.17. The molecule has 3 N–H and O–H groups in total. The van der Waals surface area contributed by atoms with Gasteiger partial charge in [-0.25, -0.2) is 4.79 Å². The highest BCUT2D eigenvalue weighted by Gasteiger charge is 2.23. The van der Waals surface area contributed by atoms with E-state index in [4.69, 9.17) is 4.74 Å². The summed E-state index contributed by atoms with van der Waals surface area (Å²) in [6.07, 6.45) is -0.361. The molecule has 160 valence electrons. The van der Waals surface area contributed by atoms with Crippen LogP contribution in [0.4, 0.5) is 16.2 Å². The second kappa shape index (κ2) is 10.4. The molecule has 0 aliphatic rings. The Balaban J connectivity index is 2.68. The summed E-state index contributed by atoms with van der Waals surface area (Å²) in [5, 5.41) is 18.3. The molecule has 1 aromatic rings. The molecule has 29 heavy (non-hydrogen) atoms. The third-order valence-electron chi connectivity index (χ3n) is 3.50. The lowest BCUT2D eigenvalue weighted by atomic mass is 10.0. The van der Waals surface area contributed by atoms with Gasteiger partial charge >= 0.3 is 6.09 Å². The van der Waals surface area contributed by atoms with Crippen molar-refractivity contribution in [3.8, 4) is 0 Å². The Bertz CT molecular complexity index is 740. The van der Waals surface area contributed by atoms with Crippen LogP contribution in [-0.4, -0.2) is 41.0 Å². The molecule has 0 aliphatic carbocycles.